The number of nitrogens with one attached hydrogen (secondary N) is 1. The lowest BCUT2D eigenvalue weighted by molar-refractivity contribution is -0.145. The number of methoxy groups -OCH3 is 1. The highest BCUT2D eigenvalue weighted by atomic mass is 16.6. The van der Waals surface area contributed by atoms with Crippen molar-refractivity contribution in [3.05, 3.63) is 24.3 Å². The molecule has 1 amide bonds. The van der Waals surface area contributed by atoms with E-state index in [9.17, 15) is 9.59 Å². The Balaban J connectivity index is 1.62. The molecule has 0 spiro atoms. The minimum Gasteiger partial charge on any atom is -0.494 e. The fourth-order valence-electron chi connectivity index (χ4n) is 3.20. The summed E-state index contributed by atoms with van der Waals surface area (Å²) in [4.78, 5) is 23.4. The number of rotatable bonds is 11. The molecule has 1 aromatic rings. The minimum atomic E-state index is -0.399. The van der Waals surface area contributed by atoms with Crippen LogP contribution in [-0.2, 0) is 19.1 Å². The Labute approximate surface area is 161 Å². The first-order valence-electron chi connectivity index (χ1n) is 9.84. The van der Waals surface area contributed by atoms with E-state index in [-0.39, 0.29) is 25.4 Å². The average molecular weight is 377 g/mol. The van der Waals surface area contributed by atoms with Crippen LogP contribution in [0, 0.1) is 5.92 Å². The standard InChI is InChI=1S/C21H31NO5/c1-25-15-16-27-21(24)12-11-20(23)22-18-7-9-19(10-8-18)26-14-13-17-5-3-2-4-6-17/h7-10,17H,2-6,11-16H2,1H3,(H,22,23). The van der Waals surface area contributed by atoms with Crippen LogP contribution >= 0.6 is 0 Å². The van der Waals surface area contributed by atoms with Crippen molar-refractivity contribution in [2.24, 2.45) is 5.92 Å². The summed E-state index contributed by atoms with van der Waals surface area (Å²) >= 11 is 0. The molecule has 2 rings (SSSR count). The van der Waals surface area contributed by atoms with E-state index in [0.29, 0.717) is 12.3 Å². The molecule has 0 radical (unpaired) electrons. The van der Waals surface area contributed by atoms with E-state index in [1.54, 1.807) is 0 Å². The van der Waals surface area contributed by atoms with Crippen LogP contribution in [0.15, 0.2) is 24.3 Å². The zero-order valence-corrected chi connectivity index (χ0v) is 16.2. The summed E-state index contributed by atoms with van der Waals surface area (Å²) in [5, 5.41) is 2.77. The van der Waals surface area contributed by atoms with Gasteiger partial charge in [0.05, 0.1) is 19.6 Å². The summed E-state index contributed by atoms with van der Waals surface area (Å²) in [6.07, 6.45) is 7.98. The number of carbonyl (C=O) groups excluding carboxylic acids is 2. The summed E-state index contributed by atoms with van der Waals surface area (Å²) in [5.74, 6) is 0.998. The smallest absolute Gasteiger partial charge is 0.306 e. The Morgan fingerprint density at radius 3 is 2.44 bits per heavy atom. The molecule has 6 nitrogen and oxygen atoms in total. The van der Waals surface area contributed by atoms with Crippen molar-refractivity contribution >= 4 is 17.6 Å². The monoisotopic (exact) mass is 377 g/mol. The van der Waals surface area contributed by atoms with E-state index in [2.05, 4.69) is 5.32 Å². The molecule has 0 aromatic heterocycles. The molecule has 1 saturated carbocycles. The zero-order chi connectivity index (χ0) is 19.3. The summed E-state index contributed by atoms with van der Waals surface area (Å²) in [6.45, 7) is 1.30. The van der Waals surface area contributed by atoms with Crippen molar-refractivity contribution in [3.8, 4) is 5.75 Å². The van der Waals surface area contributed by atoms with Gasteiger partial charge in [-0.05, 0) is 36.6 Å². The van der Waals surface area contributed by atoms with Gasteiger partial charge in [0.1, 0.15) is 12.4 Å². The molecule has 27 heavy (non-hydrogen) atoms. The van der Waals surface area contributed by atoms with Crippen molar-refractivity contribution in [2.75, 3.05) is 32.2 Å². The quantitative estimate of drug-likeness (QED) is 0.467. The van der Waals surface area contributed by atoms with Gasteiger partial charge in [0.2, 0.25) is 5.91 Å². The molecule has 1 aliphatic carbocycles. The molecule has 1 fully saturated rings. The molecule has 6 heteroatoms. The molecule has 0 atom stereocenters. The number of esters is 1. The maximum absolute atomic E-state index is 11.9. The van der Waals surface area contributed by atoms with E-state index >= 15 is 0 Å². The van der Waals surface area contributed by atoms with E-state index < -0.39 is 5.97 Å². The van der Waals surface area contributed by atoms with Gasteiger partial charge in [0.25, 0.3) is 0 Å². The van der Waals surface area contributed by atoms with Crippen LogP contribution in [0.25, 0.3) is 0 Å². The first-order chi connectivity index (χ1) is 13.2. The summed E-state index contributed by atoms with van der Waals surface area (Å²) < 4.78 is 15.5. The number of carbonyl (C=O) groups is 2. The number of hydrogen-bond acceptors (Lipinski definition) is 5. The molecule has 1 N–H and O–H groups in total. The van der Waals surface area contributed by atoms with Crippen LogP contribution in [0.2, 0.25) is 0 Å². The first-order valence-corrected chi connectivity index (χ1v) is 9.84. The van der Waals surface area contributed by atoms with Crippen molar-refractivity contribution < 1.29 is 23.8 Å². The molecule has 1 aromatic carbocycles. The lowest BCUT2D eigenvalue weighted by Crippen LogP contribution is -2.15. The third kappa shape index (κ3) is 8.91. The third-order valence-corrected chi connectivity index (χ3v) is 4.76. The van der Waals surface area contributed by atoms with Gasteiger partial charge in [-0.1, -0.05) is 32.1 Å². The molecule has 0 saturated heterocycles. The summed E-state index contributed by atoms with van der Waals surface area (Å²) in [7, 11) is 1.54. The number of hydrogen-bond donors (Lipinski definition) is 1. The van der Waals surface area contributed by atoms with Gasteiger partial charge in [0, 0.05) is 19.2 Å². The van der Waals surface area contributed by atoms with E-state index in [1.807, 2.05) is 24.3 Å². The van der Waals surface area contributed by atoms with Gasteiger partial charge in [-0.2, -0.15) is 0 Å². The van der Waals surface area contributed by atoms with Crippen LogP contribution in [0.3, 0.4) is 0 Å². The zero-order valence-electron chi connectivity index (χ0n) is 16.2. The maximum atomic E-state index is 11.9. The molecule has 0 aliphatic heterocycles. The first kappa shape index (κ1) is 21.2. The molecule has 0 bridgehead atoms. The van der Waals surface area contributed by atoms with Crippen LogP contribution < -0.4 is 10.1 Å². The van der Waals surface area contributed by atoms with Crippen molar-refractivity contribution in [2.45, 2.75) is 51.4 Å². The Morgan fingerprint density at radius 1 is 1.00 bits per heavy atom. The second-order valence-corrected chi connectivity index (χ2v) is 6.93. The highest BCUT2D eigenvalue weighted by Crippen LogP contribution is 2.26. The minimum absolute atomic E-state index is 0.0535. The predicted molar refractivity (Wildman–Crippen MR) is 104 cm³/mol. The maximum Gasteiger partial charge on any atom is 0.306 e. The van der Waals surface area contributed by atoms with Crippen molar-refractivity contribution in [1.82, 2.24) is 0 Å². The van der Waals surface area contributed by atoms with E-state index in [0.717, 1.165) is 24.7 Å². The van der Waals surface area contributed by atoms with Gasteiger partial charge in [0.15, 0.2) is 0 Å². The highest BCUT2D eigenvalue weighted by molar-refractivity contribution is 5.92. The van der Waals surface area contributed by atoms with Gasteiger partial charge >= 0.3 is 5.97 Å². The van der Waals surface area contributed by atoms with Crippen LogP contribution in [0.5, 0.6) is 5.75 Å². The Morgan fingerprint density at radius 2 is 1.74 bits per heavy atom. The third-order valence-electron chi connectivity index (χ3n) is 4.76. The summed E-state index contributed by atoms with van der Waals surface area (Å²) in [6, 6.07) is 7.33. The molecule has 0 unspecified atom stereocenters. The van der Waals surface area contributed by atoms with Gasteiger partial charge in [-0.15, -0.1) is 0 Å². The largest absolute Gasteiger partial charge is 0.494 e. The average Bonchev–Trinajstić information content (AvgIpc) is 2.69. The molecule has 1 aliphatic rings. The van der Waals surface area contributed by atoms with Gasteiger partial charge < -0.3 is 19.5 Å². The molecule has 0 heterocycles. The van der Waals surface area contributed by atoms with Crippen LogP contribution in [-0.4, -0.2) is 38.8 Å². The van der Waals surface area contributed by atoms with Crippen molar-refractivity contribution in [3.63, 3.8) is 0 Å². The van der Waals surface area contributed by atoms with Crippen molar-refractivity contribution in [1.29, 1.82) is 0 Å². The fourth-order valence-corrected chi connectivity index (χ4v) is 3.20. The van der Waals surface area contributed by atoms with E-state index in [4.69, 9.17) is 14.2 Å². The topological polar surface area (TPSA) is 73.9 Å². The SMILES string of the molecule is COCCOC(=O)CCC(=O)Nc1ccc(OCCC2CCCCC2)cc1. The number of benzene rings is 1. The number of ether oxygens (including phenoxy) is 3. The molecular formula is C21H31NO5. The lowest BCUT2D eigenvalue weighted by Gasteiger charge is -2.21. The van der Waals surface area contributed by atoms with Crippen LogP contribution in [0.4, 0.5) is 5.69 Å². The van der Waals surface area contributed by atoms with Gasteiger partial charge in [-0.25, -0.2) is 0 Å². The Bertz CT molecular complexity index is 566. The lowest BCUT2D eigenvalue weighted by atomic mass is 9.87. The molecule has 150 valence electrons. The highest BCUT2D eigenvalue weighted by Gasteiger charge is 2.13. The number of anilines is 1. The Kier molecular flexibility index (Phi) is 9.69. The predicted octanol–water partition coefficient (Wildman–Crippen LogP) is 3.94. The fraction of sp³-hybridized carbons (Fsp3) is 0.619. The summed E-state index contributed by atoms with van der Waals surface area (Å²) in [5.41, 5.74) is 0.687. The van der Waals surface area contributed by atoms with Gasteiger partial charge in [-0.3, -0.25) is 9.59 Å². The normalized spacial score (nSPS) is 14.6. The second-order valence-electron chi connectivity index (χ2n) is 6.93. The van der Waals surface area contributed by atoms with Crippen LogP contribution in [0.1, 0.15) is 51.4 Å². The van der Waals surface area contributed by atoms with E-state index in [1.165, 1.54) is 39.2 Å². The second kappa shape index (κ2) is 12.3. The number of amides is 1. The molecular weight excluding hydrogens is 346 g/mol. The Hall–Kier alpha value is -2.08.